The molecule has 0 aromatic heterocycles. The second-order valence-corrected chi connectivity index (χ2v) is 4.82. The van der Waals surface area contributed by atoms with Crippen molar-refractivity contribution >= 4 is 39.7 Å². The molecule has 6 heteroatoms. The predicted octanol–water partition coefficient (Wildman–Crippen LogP) is 0.392. The van der Waals surface area contributed by atoms with Gasteiger partial charge in [-0.25, -0.2) is 0 Å². The molecular weight excluding hydrogens is 203 g/mol. The molecule has 0 bridgehead atoms. The molecule has 1 aliphatic carbocycles. The quantitative estimate of drug-likeness (QED) is 0.518. The van der Waals surface area contributed by atoms with E-state index >= 15 is 0 Å². The van der Waals surface area contributed by atoms with Gasteiger partial charge in [0.05, 0.1) is 0 Å². The maximum Gasteiger partial charge on any atom is 0.292 e. The second-order valence-electron chi connectivity index (χ2n) is 3.30. The Labute approximate surface area is 101 Å². The molecule has 1 unspecified atom stereocenters. The minimum absolute atomic E-state index is 0. The van der Waals surface area contributed by atoms with E-state index in [2.05, 4.69) is 0 Å². The van der Waals surface area contributed by atoms with Crippen molar-refractivity contribution in [2.24, 2.45) is 5.92 Å². The molecule has 1 fully saturated rings. The first-order valence-electron chi connectivity index (χ1n) is 4.16. The summed E-state index contributed by atoms with van der Waals surface area (Å²) in [6, 6.07) is 0. The summed E-state index contributed by atoms with van der Waals surface area (Å²) >= 11 is 0. The maximum absolute atomic E-state index is 10.5. The van der Waals surface area contributed by atoms with Gasteiger partial charge in [0.25, 0.3) is 10.1 Å². The van der Waals surface area contributed by atoms with Gasteiger partial charge in [0, 0.05) is 35.5 Å². The van der Waals surface area contributed by atoms with Crippen LogP contribution in [0.25, 0.3) is 0 Å². The summed E-state index contributed by atoms with van der Waals surface area (Å²) in [5, 5.41) is 9.17. The molecule has 0 spiro atoms. The van der Waals surface area contributed by atoms with Gasteiger partial charge in [-0.3, -0.25) is 4.55 Å². The fourth-order valence-electron chi connectivity index (χ4n) is 1.66. The van der Waals surface area contributed by atoms with E-state index in [1.165, 1.54) is 0 Å². The van der Waals surface area contributed by atoms with Gasteiger partial charge in [-0.05, 0) is 12.8 Å². The van der Waals surface area contributed by atoms with Crippen molar-refractivity contribution in [2.45, 2.75) is 37.5 Å². The van der Waals surface area contributed by atoms with E-state index in [1.807, 2.05) is 0 Å². The van der Waals surface area contributed by atoms with E-state index in [1.54, 1.807) is 0 Å². The average molecular weight is 217 g/mol. The summed E-state index contributed by atoms with van der Waals surface area (Å²) in [5.74, 6) is -0.270. The molecule has 13 heavy (non-hydrogen) atoms. The number of rotatable bonds is 2. The van der Waals surface area contributed by atoms with Crippen LogP contribution in [0.5, 0.6) is 0 Å². The second kappa shape index (κ2) is 5.68. The summed E-state index contributed by atoms with van der Waals surface area (Å²) < 4.78 is 29.6. The van der Waals surface area contributed by atoms with Gasteiger partial charge in [0.15, 0.2) is 5.44 Å². The molecule has 0 saturated heterocycles. The van der Waals surface area contributed by atoms with Crippen LogP contribution in [-0.4, -0.2) is 53.1 Å². The molecule has 0 amide bonds. The van der Waals surface area contributed by atoms with Gasteiger partial charge >= 0.3 is 0 Å². The smallest absolute Gasteiger partial charge is 0.292 e. The molecule has 0 aliphatic heterocycles. The first-order valence-corrected chi connectivity index (χ1v) is 5.66. The third-order valence-electron chi connectivity index (χ3n) is 2.36. The van der Waals surface area contributed by atoms with E-state index < -0.39 is 15.6 Å². The molecular formula is C7H14NaO4S. The summed E-state index contributed by atoms with van der Waals surface area (Å²) in [7, 11) is -4.25. The van der Waals surface area contributed by atoms with Crippen molar-refractivity contribution in [1.82, 2.24) is 0 Å². The van der Waals surface area contributed by atoms with Crippen LogP contribution >= 0.6 is 0 Å². The molecule has 0 aromatic carbocycles. The third kappa shape index (κ3) is 4.27. The molecule has 73 valence electrons. The van der Waals surface area contributed by atoms with E-state index in [9.17, 15) is 13.5 Å². The van der Waals surface area contributed by atoms with Gasteiger partial charge < -0.3 is 5.11 Å². The van der Waals surface area contributed by atoms with Crippen LogP contribution in [0.2, 0.25) is 0 Å². The van der Waals surface area contributed by atoms with Crippen molar-refractivity contribution in [3.8, 4) is 0 Å². The maximum atomic E-state index is 10.5. The minimum Gasteiger partial charge on any atom is -0.375 e. The molecule has 1 radical (unpaired) electrons. The Morgan fingerprint density at radius 1 is 1.15 bits per heavy atom. The van der Waals surface area contributed by atoms with Crippen LogP contribution in [0.3, 0.4) is 0 Å². The molecule has 1 rings (SSSR count). The van der Waals surface area contributed by atoms with Crippen LogP contribution < -0.4 is 0 Å². The normalized spacial score (nSPS) is 22.0. The average Bonchev–Trinajstić information content (AvgIpc) is 2.03. The number of hydrogen-bond acceptors (Lipinski definition) is 3. The molecule has 1 atom stereocenters. The Morgan fingerprint density at radius 3 is 2.00 bits per heavy atom. The topological polar surface area (TPSA) is 74.6 Å². The molecule has 4 nitrogen and oxygen atoms in total. The Bertz CT molecular complexity index is 233. The predicted molar refractivity (Wildman–Crippen MR) is 49.9 cm³/mol. The van der Waals surface area contributed by atoms with Gasteiger partial charge in [-0.1, -0.05) is 19.3 Å². The summed E-state index contributed by atoms with van der Waals surface area (Å²) in [5.41, 5.74) is -1.57. The van der Waals surface area contributed by atoms with Gasteiger partial charge in [-0.15, -0.1) is 0 Å². The Morgan fingerprint density at radius 2 is 1.62 bits per heavy atom. The first-order chi connectivity index (χ1) is 5.52. The summed E-state index contributed by atoms with van der Waals surface area (Å²) in [6.45, 7) is 0. The molecule has 2 N–H and O–H groups in total. The Kier molecular flexibility index (Phi) is 6.06. The largest absolute Gasteiger partial charge is 0.375 e. The van der Waals surface area contributed by atoms with Crippen LogP contribution in [-0.2, 0) is 10.1 Å². The fraction of sp³-hybridized carbons (Fsp3) is 1.00. The van der Waals surface area contributed by atoms with E-state index in [4.69, 9.17) is 4.55 Å². The number of aliphatic hydroxyl groups excluding tert-OH is 1. The van der Waals surface area contributed by atoms with Gasteiger partial charge in [0.1, 0.15) is 0 Å². The third-order valence-corrected chi connectivity index (χ3v) is 3.35. The van der Waals surface area contributed by atoms with Gasteiger partial charge in [0.2, 0.25) is 0 Å². The van der Waals surface area contributed by atoms with E-state index in [0.29, 0.717) is 12.8 Å². The van der Waals surface area contributed by atoms with Crippen LogP contribution in [0.15, 0.2) is 0 Å². The zero-order valence-electron chi connectivity index (χ0n) is 7.81. The van der Waals surface area contributed by atoms with Crippen molar-refractivity contribution in [2.75, 3.05) is 0 Å². The Hall–Kier alpha value is 0.870. The zero-order chi connectivity index (χ0) is 9.19. The van der Waals surface area contributed by atoms with Crippen molar-refractivity contribution in [3.05, 3.63) is 0 Å². The van der Waals surface area contributed by atoms with Crippen LogP contribution in [0.4, 0.5) is 0 Å². The SMILES string of the molecule is O=S(=O)(O)C(O)C1CCCCC1.[Na]. The summed E-state index contributed by atoms with van der Waals surface area (Å²) in [4.78, 5) is 0. The van der Waals surface area contributed by atoms with Crippen LogP contribution in [0.1, 0.15) is 32.1 Å². The number of hydrogen-bond donors (Lipinski definition) is 2. The molecule has 1 saturated carbocycles. The summed E-state index contributed by atoms with van der Waals surface area (Å²) in [6.07, 6.45) is 4.37. The Balaban J connectivity index is 0.00000144. The molecule has 1 aliphatic rings. The molecule has 0 aromatic rings. The minimum atomic E-state index is -4.25. The fourth-order valence-corrected chi connectivity index (χ4v) is 2.42. The van der Waals surface area contributed by atoms with E-state index in [-0.39, 0.29) is 35.5 Å². The van der Waals surface area contributed by atoms with Crippen molar-refractivity contribution in [3.63, 3.8) is 0 Å². The van der Waals surface area contributed by atoms with Crippen molar-refractivity contribution in [1.29, 1.82) is 0 Å². The zero-order valence-corrected chi connectivity index (χ0v) is 10.6. The van der Waals surface area contributed by atoms with Gasteiger partial charge in [-0.2, -0.15) is 8.42 Å². The number of aliphatic hydroxyl groups is 1. The molecule has 0 heterocycles. The monoisotopic (exact) mass is 217 g/mol. The van der Waals surface area contributed by atoms with Crippen LogP contribution in [0, 0.1) is 5.92 Å². The van der Waals surface area contributed by atoms with E-state index in [0.717, 1.165) is 19.3 Å². The van der Waals surface area contributed by atoms with Crippen molar-refractivity contribution < 1.29 is 18.1 Å². The first kappa shape index (κ1) is 13.9. The standard InChI is InChI=1S/C7H14O4S.Na/c8-7(12(9,10)11)6-4-2-1-3-5-6;/h6-8H,1-5H2,(H,9,10,11);.